The van der Waals surface area contributed by atoms with Crippen molar-refractivity contribution in [1.82, 2.24) is 14.3 Å². The van der Waals surface area contributed by atoms with Crippen LogP contribution in [0.4, 0.5) is 4.39 Å². The monoisotopic (exact) mass is 395 g/mol. The van der Waals surface area contributed by atoms with Crippen molar-refractivity contribution in [2.45, 2.75) is 11.4 Å². The molecule has 4 aromatic rings. The predicted molar refractivity (Wildman–Crippen MR) is 107 cm³/mol. The van der Waals surface area contributed by atoms with E-state index in [4.69, 9.17) is 0 Å². The van der Waals surface area contributed by atoms with Crippen molar-refractivity contribution in [3.05, 3.63) is 84.6 Å². The average molecular weight is 395 g/mol. The third-order valence-electron chi connectivity index (χ3n) is 4.60. The molecular weight excluding hydrogens is 377 g/mol. The maximum atomic E-state index is 14.3. The van der Waals surface area contributed by atoms with Crippen LogP contribution >= 0.6 is 0 Å². The fourth-order valence-electron chi connectivity index (χ4n) is 3.27. The second-order valence-corrected chi connectivity index (χ2v) is 8.20. The minimum absolute atomic E-state index is 0.0965. The summed E-state index contributed by atoms with van der Waals surface area (Å²) in [6.07, 6.45) is 4.45. The quantitative estimate of drug-likeness (QED) is 0.558. The zero-order chi connectivity index (χ0) is 19.7. The minimum atomic E-state index is -3.84. The van der Waals surface area contributed by atoms with Crippen LogP contribution in [0.1, 0.15) is 5.56 Å². The summed E-state index contributed by atoms with van der Waals surface area (Å²) >= 11 is 0. The summed E-state index contributed by atoms with van der Waals surface area (Å²) < 4.78 is 41.9. The molecule has 0 saturated heterocycles. The lowest BCUT2D eigenvalue weighted by Gasteiger charge is -2.09. The van der Waals surface area contributed by atoms with Gasteiger partial charge in [0.05, 0.1) is 5.52 Å². The maximum Gasteiger partial charge on any atom is 0.269 e. The smallest absolute Gasteiger partial charge is 0.269 e. The van der Waals surface area contributed by atoms with Gasteiger partial charge in [0.1, 0.15) is 10.7 Å². The Kier molecular flexibility index (Phi) is 4.70. The Hall–Kier alpha value is -3.03. The molecule has 7 heteroatoms. The highest BCUT2D eigenvalue weighted by atomic mass is 32.2. The topological polar surface area (TPSA) is 64.0 Å². The predicted octanol–water partition coefficient (Wildman–Crippen LogP) is 3.80. The standard InChI is InChI=1S/C21H18FN3O2S/c1-23-12-16-14-25(28(26,27)17-5-4-10-24-13-17)21-11-15(8-9-19(16)21)18-6-2-3-7-20(18)22/h2-11,13-14,23H,12H2,1H3. The zero-order valence-electron chi connectivity index (χ0n) is 15.1. The fraction of sp³-hybridized carbons (Fsp3) is 0.0952. The molecule has 0 fully saturated rings. The molecule has 4 rings (SSSR count). The van der Waals surface area contributed by atoms with Gasteiger partial charge in [-0.1, -0.05) is 30.3 Å². The Bertz CT molecular complexity index is 1250. The van der Waals surface area contributed by atoms with Crippen molar-refractivity contribution in [3.63, 3.8) is 0 Å². The third kappa shape index (κ3) is 3.08. The highest BCUT2D eigenvalue weighted by molar-refractivity contribution is 7.90. The van der Waals surface area contributed by atoms with E-state index in [1.54, 1.807) is 49.6 Å². The van der Waals surface area contributed by atoms with Gasteiger partial charge in [0.25, 0.3) is 10.0 Å². The summed E-state index contributed by atoms with van der Waals surface area (Å²) in [5, 5.41) is 3.85. The molecule has 0 amide bonds. The van der Waals surface area contributed by atoms with Gasteiger partial charge in [0.15, 0.2) is 0 Å². The average Bonchev–Trinajstić information content (AvgIpc) is 3.08. The Morgan fingerprint density at radius 1 is 1.11 bits per heavy atom. The number of aromatic nitrogens is 2. The first-order chi connectivity index (χ1) is 13.5. The molecule has 28 heavy (non-hydrogen) atoms. The maximum absolute atomic E-state index is 14.3. The van der Waals surface area contributed by atoms with E-state index >= 15 is 0 Å². The van der Waals surface area contributed by atoms with Gasteiger partial charge in [-0.05, 0) is 42.4 Å². The van der Waals surface area contributed by atoms with E-state index in [2.05, 4.69) is 10.3 Å². The van der Waals surface area contributed by atoms with Gasteiger partial charge in [-0.25, -0.2) is 16.8 Å². The first-order valence-electron chi connectivity index (χ1n) is 8.71. The molecule has 0 atom stereocenters. The lowest BCUT2D eigenvalue weighted by molar-refractivity contribution is 0.588. The Morgan fingerprint density at radius 3 is 2.64 bits per heavy atom. The van der Waals surface area contributed by atoms with E-state index in [0.717, 1.165) is 10.9 Å². The number of hydrogen-bond acceptors (Lipinski definition) is 4. The lowest BCUT2D eigenvalue weighted by atomic mass is 10.0. The van der Waals surface area contributed by atoms with Crippen molar-refractivity contribution in [3.8, 4) is 11.1 Å². The SMILES string of the molecule is CNCc1cn(S(=O)(=O)c2cccnc2)c2cc(-c3ccccc3F)ccc12. The Labute approximate surface area is 162 Å². The summed E-state index contributed by atoms with van der Waals surface area (Å²) in [6, 6.07) is 14.9. The number of pyridine rings is 1. The van der Waals surface area contributed by atoms with Crippen LogP contribution in [0, 0.1) is 5.82 Å². The molecule has 0 bridgehead atoms. The van der Waals surface area contributed by atoms with Gasteiger partial charge < -0.3 is 5.32 Å². The highest BCUT2D eigenvalue weighted by Gasteiger charge is 2.22. The number of nitrogens with zero attached hydrogens (tertiary/aromatic N) is 2. The first kappa shape index (κ1) is 18.3. The summed E-state index contributed by atoms with van der Waals surface area (Å²) in [6.45, 7) is 0.505. The summed E-state index contributed by atoms with van der Waals surface area (Å²) in [4.78, 5) is 4.02. The molecule has 0 aliphatic heterocycles. The van der Waals surface area contributed by atoms with Crippen molar-refractivity contribution >= 4 is 20.9 Å². The van der Waals surface area contributed by atoms with E-state index < -0.39 is 10.0 Å². The summed E-state index contributed by atoms with van der Waals surface area (Å²) in [7, 11) is -2.04. The van der Waals surface area contributed by atoms with Crippen molar-refractivity contribution in [2.24, 2.45) is 0 Å². The van der Waals surface area contributed by atoms with Crippen LogP contribution in [0.15, 0.2) is 78.1 Å². The number of benzene rings is 2. The van der Waals surface area contributed by atoms with Crippen LogP contribution in [0.2, 0.25) is 0 Å². The largest absolute Gasteiger partial charge is 0.316 e. The number of nitrogens with one attached hydrogen (secondary N) is 1. The number of rotatable bonds is 5. The minimum Gasteiger partial charge on any atom is -0.316 e. The van der Waals surface area contributed by atoms with Gasteiger partial charge in [0, 0.05) is 36.1 Å². The van der Waals surface area contributed by atoms with Crippen LogP contribution in [0.3, 0.4) is 0 Å². The van der Waals surface area contributed by atoms with Crippen LogP contribution in [0.25, 0.3) is 22.0 Å². The summed E-state index contributed by atoms with van der Waals surface area (Å²) in [5.41, 5.74) is 2.37. The fourth-order valence-corrected chi connectivity index (χ4v) is 4.62. The van der Waals surface area contributed by atoms with Crippen LogP contribution in [-0.4, -0.2) is 24.4 Å². The van der Waals surface area contributed by atoms with E-state index in [1.807, 2.05) is 6.07 Å². The molecule has 0 unspecified atom stereocenters. The van der Waals surface area contributed by atoms with Crippen LogP contribution in [-0.2, 0) is 16.6 Å². The molecule has 0 aliphatic rings. The van der Waals surface area contributed by atoms with Crippen molar-refractivity contribution < 1.29 is 12.8 Å². The highest BCUT2D eigenvalue weighted by Crippen LogP contribution is 2.31. The second-order valence-electron chi connectivity index (χ2n) is 6.39. The second kappa shape index (κ2) is 7.18. The molecule has 2 aromatic heterocycles. The molecule has 0 saturated carbocycles. The number of fused-ring (bicyclic) bond motifs is 1. The number of hydrogen-bond donors (Lipinski definition) is 1. The van der Waals surface area contributed by atoms with E-state index in [0.29, 0.717) is 23.2 Å². The number of halogens is 1. The Balaban J connectivity index is 1.98. The van der Waals surface area contributed by atoms with Crippen LogP contribution < -0.4 is 5.32 Å². The van der Waals surface area contributed by atoms with Crippen molar-refractivity contribution in [1.29, 1.82) is 0 Å². The molecule has 1 N–H and O–H groups in total. The molecule has 5 nitrogen and oxygen atoms in total. The zero-order valence-corrected chi connectivity index (χ0v) is 15.9. The Morgan fingerprint density at radius 2 is 1.93 bits per heavy atom. The molecule has 0 radical (unpaired) electrons. The van der Waals surface area contributed by atoms with E-state index in [1.165, 1.54) is 28.5 Å². The lowest BCUT2D eigenvalue weighted by Crippen LogP contribution is -2.12. The molecule has 142 valence electrons. The third-order valence-corrected chi connectivity index (χ3v) is 6.25. The molecule has 0 aliphatic carbocycles. The first-order valence-corrected chi connectivity index (χ1v) is 10.2. The van der Waals surface area contributed by atoms with Gasteiger partial charge in [-0.3, -0.25) is 4.98 Å². The van der Waals surface area contributed by atoms with Gasteiger partial charge in [-0.15, -0.1) is 0 Å². The van der Waals surface area contributed by atoms with Gasteiger partial charge in [-0.2, -0.15) is 0 Å². The van der Waals surface area contributed by atoms with Gasteiger partial charge in [0.2, 0.25) is 0 Å². The summed E-state index contributed by atoms with van der Waals surface area (Å²) in [5.74, 6) is -0.356. The molecule has 2 aromatic carbocycles. The van der Waals surface area contributed by atoms with Crippen molar-refractivity contribution in [2.75, 3.05) is 7.05 Å². The molecule has 0 spiro atoms. The normalized spacial score (nSPS) is 11.8. The van der Waals surface area contributed by atoms with E-state index in [-0.39, 0.29) is 10.7 Å². The van der Waals surface area contributed by atoms with Gasteiger partial charge >= 0.3 is 0 Å². The molecule has 2 heterocycles. The van der Waals surface area contributed by atoms with E-state index in [9.17, 15) is 12.8 Å². The van der Waals surface area contributed by atoms with Crippen LogP contribution in [0.5, 0.6) is 0 Å². The molecular formula is C21H18FN3O2S.